The summed E-state index contributed by atoms with van der Waals surface area (Å²) >= 11 is 14.5. The maximum absolute atomic E-state index is 14.3. The highest BCUT2D eigenvalue weighted by Crippen LogP contribution is 2.66. The van der Waals surface area contributed by atoms with Gasteiger partial charge in [0.1, 0.15) is 17.3 Å². The number of carbonyl (C=O) groups is 5. The fourth-order valence-corrected chi connectivity index (χ4v) is 8.05. The van der Waals surface area contributed by atoms with Gasteiger partial charge in [-0.2, -0.15) is 0 Å². The van der Waals surface area contributed by atoms with Crippen LogP contribution in [-0.4, -0.2) is 68.1 Å². The summed E-state index contributed by atoms with van der Waals surface area (Å²) in [6.07, 6.45) is 1.03. The molecule has 224 valence electrons. The topological polar surface area (TPSA) is 142 Å². The van der Waals surface area contributed by atoms with E-state index < -0.39 is 75.3 Å². The minimum absolute atomic E-state index is 0.0289. The number of carboxylic acids is 1. The average Bonchev–Trinajstić information content (AvgIpc) is 3.30. The quantitative estimate of drug-likeness (QED) is 0.280. The van der Waals surface area contributed by atoms with E-state index in [1.807, 2.05) is 0 Å². The molecule has 6 unspecified atom stereocenters. The van der Waals surface area contributed by atoms with Gasteiger partial charge in [-0.1, -0.05) is 11.6 Å². The Bertz CT molecular complexity index is 1630. The lowest BCUT2D eigenvalue weighted by molar-refractivity contribution is -0.142. The number of alkyl halides is 2. The van der Waals surface area contributed by atoms with Crippen molar-refractivity contribution in [3.8, 4) is 11.5 Å². The molecule has 13 heteroatoms. The SMILES string of the molecule is COc1ccc(O)c(C2C3=CCC4C(=O)N(CCC(=O)O)C(=O)C4C3CC3(Cl)C(=O)N(c4ccc(F)cc4)C(=O)C23Cl)c1. The van der Waals surface area contributed by atoms with Gasteiger partial charge in [0.05, 0.1) is 31.1 Å². The van der Waals surface area contributed by atoms with E-state index in [0.717, 1.165) is 21.9 Å². The third kappa shape index (κ3) is 4.01. The van der Waals surface area contributed by atoms with Crippen molar-refractivity contribution in [2.24, 2.45) is 17.8 Å². The van der Waals surface area contributed by atoms with Crippen LogP contribution in [0.5, 0.6) is 11.5 Å². The van der Waals surface area contributed by atoms with Crippen LogP contribution < -0.4 is 9.64 Å². The Labute approximate surface area is 254 Å². The predicted octanol–water partition coefficient (Wildman–Crippen LogP) is 3.58. The van der Waals surface area contributed by atoms with Gasteiger partial charge in [0, 0.05) is 18.0 Å². The molecule has 0 bridgehead atoms. The van der Waals surface area contributed by atoms with E-state index in [-0.39, 0.29) is 36.4 Å². The number of carboxylic acid groups (broad SMARTS) is 1. The van der Waals surface area contributed by atoms with E-state index in [1.54, 1.807) is 6.08 Å². The lowest BCUT2D eigenvalue weighted by atomic mass is 9.56. The van der Waals surface area contributed by atoms with E-state index in [4.69, 9.17) is 33.0 Å². The van der Waals surface area contributed by atoms with Crippen molar-refractivity contribution in [1.29, 1.82) is 0 Å². The smallest absolute Gasteiger partial charge is 0.305 e. The molecule has 6 rings (SSSR count). The Hall–Kier alpha value is -3.96. The van der Waals surface area contributed by atoms with Crippen molar-refractivity contribution in [2.45, 2.75) is 34.9 Å². The number of methoxy groups -OCH3 is 1. The zero-order valence-corrected chi connectivity index (χ0v) is 24.1. The molecule has 0 aromatic heterocycles. The molecule has 4 amide bonds. The van der Waals surface area contributed by atoms with Crippen LogP contribution in [0.15, 0.2) is 54.1 Å². The summed E-state index contributed by atoms with van der Waals surface area (Å²) in [5, 5.41) is 20.2. The Morgan fingerprint density at radius 3 is 2.40 bits per heavy atom. The number of ether oxygens (including phenoxy) is 1. The van der Waals surface area contributed by atoms with E-state index in [9.17, 15) is 33.5 Å². The number of allylic oxidation sites excluding steroid dienone is 2. The normalized spacial score (nSPS) is 31.5. The molecule has 0 radical (unpaired) electrons. The molecular weight excluding hydrogens is 606 g/mol. The molecule has 3 fully saturated rings. The lowest BCUT2D eigenvalue weighted by Gasteiger charge is -2.50. The Balaban J connectivity index is 1.54. The number of imide groups is 2. The number of anilines is 1. The number of rotatable bonds is 6. The lowest BCUT2D eigenvalue weighted by Crippen LogP contribution is -2.60. The summed E-state index contributed by atoms with van der Waals surface area (Å²) in [7, 11) is 1.40. The molecule has 43 heavy (non-hydrogen) atoms. The number of amides is 4. The number of likely N-dealkylation sites (tertiary alicyclic amines) is 1. The summed E-state index contributed by atoms with van der Waals surface area (Å²) in [5.74, 6) is -8.61. The molecule has 2 N–H and O–H groups in total. The van der Waals surface area contributed by atoms with E-state index in [1.165, 1.54) is 37.4 Å². The number of benzene rings is 2. The molecule has 0 spiro atoms. The Morgan fingerprint density at radius 1 is 1.05 bits per heavy atom. The number of hydrogen-bond donors (Lipinski definition) is 2. The van der Waals surface area contributed by atoms with Crippen LogP contribution in [0.2, 0.25) is 0 Å². The third-order valence-electron chi connectivity index (χ3n) is 9.08. The largest absolute Gasteiger partial charge is 0.508 e. The van der Waals surface area contributed by atoms with Gasteiger partial charge in [-0.15, -0.1) is 23.2 Å². The standard InChI is InChI=1S/C30H25Cl2FN2O8/c1-43-16-6-9-21(36)19(12-16)24-17-7-8-18-23(26(40)34(25(18)39)11-10-22(37)38)20(17)13-29(31)27(41)35(28(42)30(24,29)32)15-4-2-14(33)3-5-15/h2-7,9,12,18,20,23-24,36H,8,10-11,13H2,1H3,(H,37,38). The monoisotopic (exact) mass is 630 g/mol. The van der Waals surface area contributed by atoms with Gasteiger partial charge in [0.25, 0.3) is 11.8 Å². The van der Waals surface area contributed by atoms with Gasteiger partial charge in [-0.25, -0.2) is 9.29 Å². The van der Waals surface area contributed by atoms with E-state index in [0.29, 0.717) is 11.3 Å². The molecule has 1 saturated carbocycles. The molecule has 2 aliphatic heterocycles. The van der Waals surface area contributed by atoms with E-state index >= 15 is 0 Å². The number of hydrogen-bond acceptors (Lipinski definition) is 7. The summed E-state index contributed by atoms with van der Waals surface area (Å²) in [5.41, 5.74) is 0.594. The number of aliphatic carboxylic acids is 1. The number of aromatic hydroxyl groups is 1. The number of phenolic OH excluding ortho intramolecular Hbond substituents is 1. The van der Waals surface area contributed by atoms with Crippen LogP contribution >= 0.6 is 23.2 Å². The number of phenols is 1. The number of carbonyl (C=O) groups excluding carboxylic acids is 4. The molecule has 2 aromatic rings. The van der Waals surface area contributed by atoms with Crippen molar-refractivity contribution in [2.75, 3.05) is 18.6 Å². The zero-order valence-electron chi connectivity index (χ0n) is 22.6. The molecule has 10 nitrogen and oxygen atoms in total. The molecule has 4 aliphatic rings. The minimum Gasteiger partial charge on any atom is -0.508 e. The second kappa shape index (κ2) is 10.1. The second-order valence-electron chi connectivity index (χ2n) is 11.1. The zero-order chi connectivity index (χ0) is 31.0. The predicted molar refractivity (Wildman–Crippen MR) is 150 cm³/mol. The molecule has 2 heterocycles. The second-order valence-corrected chi connectivity index (χ2v) is 12.4. The van der Waals surface area contributed by atoms with Crippen LogP contribution in [0.3, 0.4) is 0 Å². The van der Waals surface area contributed by atoms with Crippen LogP contribution in [-0.2, 0) is 24.0 Å². The fourth-order valence-electron chi connectivity index (χ4n) is 7.13. The van der Waals surface area contributed by atoms with Crippen molar-refractivity contribution < 1.29 is 43.3 Å². The highest BCUT2D eigenvalue weighted by atomic mass is 35.5. The summed E-state index contributed by atoms with van der Waals surface area (Å²) < 4.78 is 19.1. The van der Waals surface area contributed by atoms with Gasteiger partial charge < -0.3 is 14.9 Å². The number of fused-ring (bicyclic) bond motifs is 4. The maximum Gasteiger partial charge on any atom is 0.305 e. The van der Waals surface area contributed by atoms with Crippen molar-refractivity contribution in [3.63, 3.8) is 0 Å². The summed E-state index contributed by atoms with van der Waals surface area (Å²) in [6, 6.07) is 8.93. The highest BCUT2D eigenvalue weighted by molar-refractivity contribution is 6.58. The first kappa shape index (κ1) is 29.1. The maximum atomic E-state index is 14.3. The van der Waals surface area contributed by atoms with Crippen LogP contribution in [0.4, 0.5) is 10.1 Å². The third-order valence-corrected chi connectivity index (χ3v) is 10.5. The van der Waals surface area contributed by atoms with Crippen LogP contribution in [0, 0.1) is 23.6 Å². The fraction of sp³-hybridized carbons (Fsp3) is 0.367. The average molecular weight is 631 g/mol. The van der Waals surface area contributed by atoms with Gasteiger partial charge >= 0.3 is 5.97 Å². The molecular formula is C30H25Cl2FN2O8. The van der Waals surface area contributed by atoms with Gasteiger partial charge in [0.2, 0.25) is 11.8 Å². The number of nitrogens with zero attached hydrogens (tertiary/aromatic N) is 2. The Kier molecular flexibility index (Phi) is 6.81. The van der Waals surface area contributed by atoms with Crippen LogP contribution in [0.25, 0.3) is 0 Å². The summed E-state index contributed by atoms with van der Waals surface area (Å²) in [6.45, 7) is -0.316. The van der Waals surface area contributed by atoms with Crippen molar-refractivity contribution in [3.05, 3.63) is 65.5 Å². The van der Waals surface area contributed by atoms with Crippen molar-refractivity contribution in [1.82, 2.24) is 4.90 Å². The Morgan fingerprint density at radius 2 is 1.74 bits per heavy atom. The molecule has 2 aromatic carbocycles. The minimum atomic E-state index is -2.21. The van der Waals surface area contributed by atoms with Crippen LogP contribution in [0.1, 0.15) is 30.7 Å². The molecule has 6 atom stereocenters. The first-order valence-corrected chi connectivity index (χ1v) is 14.3. The van der Waals surface area contributed by atoms with E-state index in [2.05, 4.69) is 0 Å². The van der Waals surface area contributed by atoms with Gasteiger partial charge in [-0.3, -0.25) is 28.9 Å². The molecule has 2 aliphatic carbocycles. The summed E-state index contributed by atoms with van der Waals surface area (Å²) in [4.78, 5) is 64.0. The highest BCUT2D eigenvalue weighted by Gasteiger charge is 2.76. The van der Waals surface area contributed by atoms with Gasteiger partial charge in [0.15, 0.2) is 9.75 Å². The first-order chi connectivity index (χ1) is 20.3. The molecule has 2 saturated heterocycles. The van der Waals surface area contributed by atoms with Crippen molar-refractivity contribution >= 4 is 58.5 Å². The first-order valence-electron chi connectivity index (χ1n) is 13.5. The number of halogens is 3. The van der Waals surface area contributed by atoms with Gasteiger partial charge in [-0.05, 0) is 61.2 Å².